The number of amides is 4. The number of carbonyl (C=O) groups excluding carboxylic acids is 5. The molecule has 48 heavy (non-hydrogen) atoms. The molecule has 4 atom stereocenters. The van der Waals surface area contributed by atoms with Gasteiger partial charge in [-0.1, -0.05) is 18.2 Å². The molecule has 3 heterocycles. The molecule has 2 aliphatic rings. The average molecular weight is 673 g/mol. The summed E-state index contributed by atoms with van der Waals surface area (Å²) in [5.41, 5.74) is 0.297. The van der Waals surface area contributed by atoms with Crippen molar-refractivity contribution < 1.29 is 53.2 Å². The maximum absolute atomic E-state index is 13.5. The van der Waals surface area contributed by atoms with Gasteiger partial charge in [-0.15, -0.1) is 0 Å². The molecule has 1 aromatic carbocycles. The third-order valence-corrected chi connectivity index (χ3v) is 7.96. The van der Waals surface area contributed by atoms with Gasteiger partial charge in [0, 0.05) is 51.6 Å². The van der Waals surface area contributed by atoms with Gasteiger partial charge >= 0.3 is 18.0 Å². The van der Waals surface area contributed by atoms with Crippen molar-refractivity contribution in [2.75, 3.05) is 46.4 Å². The number of piperazine rings is 1. The second-order valence-corrected chi connectivity index (χ2v) is 11.3. The first-order chi connectivity index (χ1) is 22.9. The highest BCUT2D eigenvalue weighted by Crippen LogP contribution is 2.24. The summed E-state index contributed by atoms with van der Waals surface area (Å²) in [6.07, 6.45) is -3.19. The van der Waals surface area contributed by atoms with Gasteiger partial charge in [-0.3, -0.25) is 19.2 Å². The molecule has 2 saturated heterocycles. The third-order valence-electron chi connectivity index (χ3n) is 7.96. The Morgan fingerprint density at radius 2 is 1.69 bits per heavy atom. The summed E-state index contributed by atoms with van der Waals surface area (Å²) in [7, 11) is 1.19. The van der Waals surface area contributed by atoms with Crippen molar-refractivity contribution in [2.45, 2.75) is 57.4 Å². The first kappa shape index (κ1) is 35.7. The first-order valence-corrected chi connectivity index (χ1v) is 15.5. The van der Waals surface area contributed by atoms with Crippen LogP contribution in [0.25, 0.3) is 5.69 Å². The molecule has 17 heteroatoms. The summed E-state index contributed by atoms with van der Waals surface area (Å²) < 4.78 is 17.1. The molecule has 17 nitrogen and oxygen atoms in total. The third kappa shape index (κ3) is 8.58. The molecule has 3 N–H and O–H groups in total. The maximum Gasteiger partial charge on any atom is 0.409 e. The van der Waals surface area contributed by atoms with Gasteiger partial charge in [-0.2, -0.15) is 5.10 Å². The van der Waals surface area contributed by atoms with E-state index in [1.165, 1.54) is 39.5 Å². The van der Waals surface area contributed by atoms with Crippen molar-refractivity contribution in [3.05, 3.63) is 42.1 Å². The van der Waals surface area contributed by atoms with E-state index in [0.29, 0.717) is 5.69 Å². The molecule has 0 bridgehead atoms. The lowest BCUT2D eigenvalue weighted by Crippen LogP contribution is -2.56. The number of carboxylic acids is 1. The van der Waals surface area contributed by atoms with Crippen molar-refractivity contribution in [3.8, 4) is 11.6 Å². The predicted molar refractivity (Wildman–Crippen MR) is 165 cm³/mol. The highest BCUT2D eigenvalue weighted by atomic mass is 16.6. The highest BCUT2D eigenvalue weighted by Gasteiger charge is 2.42. The summed E-state index contributed by atoms with van der Waals surface area (Å²) in [6, 6.07) is 7.67. The second kappa shape index (κ2) is 16.1. The smallest absolute Gasteiger partial charge is 0.409 e. The Balaban J connectivity index is 1.53. The Morgan fingerprint density at radius 3 is 2.31 bits per heavy atom. The van der Waals surface area contributed by atoms with Crippen molar-refractivity contribution in [1.82, 2.24) is 29.8 Å². The Labute approximate surface area is 276 Å². The van der Waals surface area contributed by atoms with E-state index in [1.807, 2.05) is 0 Å². The monoisotopic (exact) mass is 672 g/mol. The van der Waals surface area contributed by atoms with Crippen LogP contribution >= 0.6 is 0 Å². The average Bonchev–Trinajstić information content (AvgIpc) is 3.69. The summed E-state index contributed by atoms with van der Waals surface area (Å²) in [5, 5.41) is 26.4. The summed E-state index contributed by atoms with van der Waals surface area (Å²) in [6.45, 7) is 3.99. The van der Waals surface area contributed by atoms with E-state index in [1.54, 1.807) is 37.3 Å². The molecule has 4 amide bonds. The highest BCUT2D eigenvalue weighted by molar-refractivity contribution is 5.96. The number of esters is 1. The lowest BCUT2D eigenvalue weighted by Gasteiger charge is -2.35. The number of aromatic nitrogens is 2. The SMILES string of the molecule is CCOC(=O)N1CCN(C(=O)[C@H](CCC(=O)O)NC(=O)c2cc(OC(C)C(=O)N3C[C@H](O)C[C@H]3C(=O)OC)n(-c3ccccc3)n2)CC1. The second-order valence-electron chi connectivity index (χ2n) is 11.3. The number of nitrogens with one attached hydrogen (secondary N) is 1. The number of carboxylic acid groups (broad SMARTS) is 1. The standard InChI is InChI=1S/C31H40N6O11/c1-4-47-31(45)35-14-12-34(13-15-35)29(43)22(10-11-26(39)40)32-27(41)23-17-25(37(33-23)20-8-6-5-7-9-20)48-19(2)28(42)36-18-21(38)16-24(36)30(44)46-3/h5-9,17,19,21-22,24,38H,4,10-16,18H2,1-3H3,(H,32,41)(H,39,40)/t19?,21-,22+,24+/m1/s1. The Bertz CT molecular complexity index is 1490. The van der Waals surface area contributed by atoms with E-state index in [-0.39, 0.29) is 63.7 Å². The Morgan fingerprint density at radius 1 is 1.02 bits per heavy atom. The molecule has 260 valence electrons. The number of likely N-dealkylation sites (tertiary alicyclic amines) is 1. The van der Waals surface area contributed by atoms with E-state index in [4.69, 9.17) is 14.2 Å². The number of aliphatic carboxylic acids is 1. The molecule has 0 radical (unpaired) electrons. The fraction of sp³-hybridized carbons (Fsp3) is 0.516. The molecule has 0 aliphatic carbocycles. The number of carbonyl (C=O) groups is 6. The largest absolute Gasteiger partial charge is 0.481 e. The zero-order valence-corrected chi connectivity index (χ0v) is 26.9. The maximum atomic E-state index is 13.5. The molecule has 0 spiro atoms. The van der Waals surface area contributed by atoms with Gasteiger partial charge in [0.15, 0.2) is 11.8 Å². The number of hydrogen-bond donors (Lipinski definition) is 3. The van der Waals surface area contributed by atoms with Crippen LogP contribution in [0.4, 0.5) is 4.79 Å². The van der Waals surface area contributed by atoms with Crippen LogP contribution in [-0.4, -0.2) is 141 Å². The van der Waals surface area contributed by atoms with Crippen LogP contribution in [0.15, 0.2) is 36.4 Å². The molecular weight excluding hydrogens is 632 g/mol. The molecule has 1 unspecified atom stereocenters. The molecule has 0 saturated carbocycles. The van der Waals surface area contributed by atoms with Gasteiger partial charge in [0.1, 0.15) is 12.1 Å². The predicted octanol–water partition coefficient (Wildman–Crippen LogP) is 0.0383. The van der Waals surface area contributed by atoms with Crippen LogP contribution in [0.5, 0.6) is 5.88 Å². The van der Waals surface area contributed by atoms with Crippen molar-refractivity contribution in [2.24, 2.45) is 0 Å². The lowest BCUT2D eigenvalue weighted by atomic mass is 10.1. The lowest BCUT2D eigenvalue weighted by molar-refractivity contribution is -0.153. The molecule has 2 aliphatic heterocycles. The zero-order valence-electron chi connectivity index (χ0n) is 26.9. The van der Waals surface area contributed by atoms with Crippen molar-refractivity contribution in [3.63, 3.8) is 0 Å². The van der Waals surface area contributed by atoms with E-state index in [2.05, 4.69) is 10.4 Å². The van der Waals surface area contributed by atoms with Gasteiger partial charge in [0.05, 0.1) is 25.5 Å². The number of rotatable bonds is 12. The van der Waals surface area contributed by atoms with Gasteiger partial charge in [0.25, 0.3) is 11.8 Å². The minimum absolute atomic E-state index is 0.00920. The Kier molecular flexibility index (Phi) is 11.9. The van der Waals surface area contributed by atoms with Crippen LogP contribution in [0.3, 0.4) is 0 Å². The van der Waals surface area contributed by atoms with Gasteiger partial charge < -0.3 is 44.4 Å². The minimum atomic E-state index is -1.22. The fourth-order valence-corrected chi connectivity index (χ4v) is 5.50. The number of β-amino-alcohol motifs (C(OH)–C–C–N with tert-alkyl or cyclic N) is 1. The van der Waals surface area contributed by atoms with E-state index >= 15 is 0 Å². The first-order valence-electron chi connectivity index (χ1n) is 15.5. The number of methoxy groups -OCH3 is 1. The molecule has 1 aromatic heterocycles. The van der Waals surface area contributed by atoms with Gasteiger partial charge in [0.2, 0.25) is 11.8 Å². The van der Waals surface area contributed by atoms with Crippen LogP contribution in [0, 0.1) is 0 Å². The Hall–Kier alpha value is -5.19. The van der Waals surface area contributed by atoms with Crippen molar-refractivity contribution in [1.29, 1.82) is 0 Å². The summed E-state index contributed by atoms with van der Waals surface area (Å²) in [4.78, 5) is 80.2. The van der Waals surface area contributed by atoms with Gasteiger partial charge in [-0.05, 0) is 32.4 Å². The topological polar surface area (TPSA) is 210 Å². The van der Waals surface area contributed by atoms with Crippen LogP contribution in [0.2, 0.25) is 0 Å². The quantitative estimate of drug-likeness (QED) is 0.255. The number of nitrogens with zero attached hydrogens (tertiary/aromatic N) is 5. The minimum Gasteiger partial charge on any atom is -0.481 e. The molecule has 2 aromatic rings. The van der Waals surface area contributed by atoms with E-state index < -0.39 is 66.5 Å². The normalized spacial score (nSPS) is 18.9. The van der Waals surface area contributed by atoms with Crippen LogP contribution in [-0.2, 0) is 28.7 Å². The zero-order chi connectivity index (χ0) is 35.0. The number of aliphatic hydroxyl groups excluding tert-OH is 1. The van der Waals surface area contributed by atoms with Gasteiger partial charge in [-0.25, -0.2) is 14.3 Å². The summed E-state index contributed by atoms with van der Waals surface area (Å²) in [5.74, 6) is -3.75. The fourth-order valence-electron chi connectivity index (χ4n) is 5.50. The van der Waals surface area contributed by atoms with Crippen LogP contribution < -0.4 is 10.1 Å². The van der Waals surface area contributed by atoms with E-state index in [9.17, 15) is 39.0 Å². The number of hydrogen-bond acceptors (Lipinski definition) is 11. The number of benzene rings is 1. The number of para-hydroxylation sites is 1. The van der Waals surface area contributed by atoms with Crippen LogP contribution in [0.1, 0.15) is 43.6 Å². The molecule has 4 rings (SSSR count). The number of aliphatic hydroxyl groups is 1. The van der Waals surface area contributed by atoms with E-state index in [0.717, 1.165) is 0 Å². The summed E-state index contributed by atoms with van der Waals surface area (Å²) >= 11 is 0. The number of ether oxygens (including phenoxy) is 3. The molecule has 2 fully saturated rings. The van der Waals surface area contributed by atoms with Crippen molar-refractivity contribution >= 4 is 35.8 Å². The molecular formula is C31H40N6O11.